The van der Waals surface area contributed by atoms with Gasteiger partial charge < -0.3 is 15.6 Å². The first-order chi connectivity index (χ1) is 14.7. The van der Waals surface area contributed by atoms with Gasteiger partial charge in [-0.3, -0.25) is 0 Å². The summed E-state index contributed by atoms with van der Waals surface area (Å²) in [5.74, 6) is 0.408. The molecule has 0 fully saturated rings. The predicted octanol–water partition coefficient (Wildman–Crippen LogP) is 5.45. The summed E-state index contributed by atoms with van der Waals surface area (Å²) < 4.78 is 2.06. The van der Waals surface area contributed by atoms with Crippen molar-refractivity contribution in [3.05, 3.63) is 108 Å². The molecule has 31 heavy (non-hydrogen) atoms. The molecule has 0 bridgehead atoms. The van der Waals surface area contributed by atoms with Crippen molar-refractivity contribution in [3.63, 3.8) is 0 Å². The number of hydrogen-bond donors (Lipinski definition) is 2. The minimum atomic E-state index is 0. The van der Waals surface area contributed by atoms with E-state index in [1.54, 1.807) is 6.20 Å². The maximum Gasteiger partial charge on any atom is 0.193 e. The number of aliphatic imine (C=N–C) groups is 1. The van der Waals surface area contributed by atoms with Crippen LogP contribution in [-0.2, 0) is 13.1 Å². The van der Waals surface area contributed by atoms with E-state index in [1.807, 2.05) is 36.8 Å². The molecule has 0 aliphatic carbocycles. The van der Waals surface area contributed by atoms with Gasteiger partial charge in [-0.05, 0) is 46.9 Å². The molecule has 3 N–H and O–H groups in total. The Morgan fingerprint density at radius 1 is 1.03 bits per heavy atom. The van der Waals surface area contributed by atoms with Crippen LogP contribution in [-0.4, -0.2) is 15.5 Å². The fraction of sp³-hybridized carbons (Fsp3) is 0.120. The van der Waals surface area contributed by atoms with Crippen molar-refractivity contribution in [2.45, 2.75) is 20.0 Å². The zero-order valence-corrected chi connectivity index (χ0v) is 19.7. The third kappa shape index (κ3) is 6.18. The van der Waals surface area contributed by atoms with Crippen LogP contribution < -0.4 is 11.1 Å². The molecule has 1 aromatic heterocycles. The fourth-order valence-electron chi connectivity index (χ4n) is 3.40. The van der Waals surface area contributed by atoms with Crippen molar-refractivity contribution < 1.29 is 0 Å². The summed E-state index contributed by atoms with van der Waals surface area (Å²) in [6.45, 7) is 3.38. The van der Waals surface area contributed by atoms with E-state index in [-0.39, 0.29) is 24.0 Å². The molecule has 0 aliphatic rings. The van der Waals surface area contributed by atoms with Crippen molar-refractivity contribution >= 4 is 35.6 Å². The summed E-state index contributed by atoms with van der Waals surface area (Å²) in [7, 11) is 0. The van der Waals surface area contributed by atoms with Gasteiger partial charge in [0, 0.05) is 24.6 Å². The van der Waals surface area contributed by atoms with Gasteiger partial charge in [0.05, 0.1) is 12.9 Å². The third-order valence-corrected chi connectivity index (χ3v) is 4.92. The molecule has 158 valence electrons. The van der Waals surface area contributed by atoms with Crippen molar-refractivity contribution in [3.8, 4) is 11.1 Å². The molecule has 4 rings (SSSR count). The largest absolute Gasteiger partial charge is 0.370 e. The van der Waals surface area contributed by atoms with Crippen LogP contribution in [0, 0.1) is 6.92 Å². The monoisotopic (exact) mass is 523 g/mol. The standard InChI is InChI=1S/C25H25N5.HI/c1-19-5-4-7-23(15-19)29-25(26)28-16-22-6-2-3-8-24(22)21-11-9-20(10-12-21)17-30-14-13-27-18-30;/h2-15,18H,16-17H2,1H3,(H3,26,28,29);1H. The van der Waals surface area contributed by atoms with Crippen LogP contribution in [0.3, 0.4) is 0 Å². The van der Waals surface area contributed by atoms with E-state index in [9.17, 15) is 0 Å². The maximum atomic E-state index is 6.11. The van der Waals surface area contributed by atoms with E-state index in [2.05, 4.69) is 75.3 Å². The first-order valence-electron chi connectivity index (χ1n) is 9.94. The maximum absolute atomic E-state index is 6.11. The number of nitrogens with one attached hydrogen (secondary N) is 1. The second-order valence-corrected chi connectivity index (χ2v) is 7.29. The Kier molecular flexibility index (Phi) is 7.83. The van der Waals surface area contributed by atoms with Gasteiger partial charge in [-0.2, -0.15) is 0 Å². The molecule has 0 spiro atoms. The van der Waals surface area contributed by atoms with Crippen molar-refractivity contribution in [1.82, 2.24) is 9.55 Å². The van der Waals surface area contributed by atoms with Gasteiger partial charge in [0.1, 0.15) is 0 Å². The second-order valence-electron chi connectivity index (χ2n) is 7.29. The quantitative estimate of drug-likeness (QED) is 0.201. The topological polar surface area (TPSA) is 68.2 Å². The van der Waals surface area contributed by atoms with Crippen molar-refractivity contribution in [2.24, 2.45) is 10.7 Å². The summed E-state index contributed by atoms with van der Waals surface area (Å²) in [6, 6.07) is 25.0. The number of nitrogens with zero attached hydrogens (tertiary/aromatic N) is 3. The number of nitrogens with two attached hydrogens (primary N) is 1. The second kappa shape index (κ2) is 10.8. The van der Waals surface area contributed by atoms with Gasteiger partial charge in [-0.1, -0.05) is 60.7 Å². The molecule has 0 aliphatic heterocycles. The highest BCUT2D eigenvalue weighted by Gasteiger charge is 2.05. The summed E-state index contributed by atoms with van der Waals surface area (Å²) in [4.78, 5) is 8.64. The van der Waals surface area contributed by atoms with Crippen molar-refractivity contribution in [1.29, 1.82) is 0 Å². The predicted molar refractivity (Wildman–Crippen MR) is 139 cm³/mol. The zero-order valence-electron chi connectivity index (χ0n) is 17.4. The van der Waals surface area contributed by atoms with Gasteiger partial charge in [0.2, 0.25) is 0 Å². The highest BCUT2D eigenvalue weighted by atomic mass is 127. The fourth-order valence-corrected chi connectivity index (χ4v) is 3.40. The lowest BCUT2D eigenvalue weighted by atomic mass is 9.98. The van der Waals surface area contributed by atoms with E-state index in [4.69, 9.17) is 5.73 Å². The van der Waals surface area contributed by atoms with E-state index >= 15 is 0 Å². The number of benzene rings is 3. The third-order valence-electron chi connectivity index (χ3n) is 4.92. The van der Waals surface area contributed by atoms with Crippen LogP contribution in [0.1, 0.15) is 16.7 Å². The molecule has 0 amide bonds. The molecule has 0 atom stereocenters. The molecule has 0 saturated carbocycles. The molecule has 1 heterocycles. The van der Waals surface area contributed by atoms with Gasteiger partial charge in [0.15, 0.2) is 5.96 Å². The average molecular weight is 523 g/mol. The molecule has 0 radical (unpaired) electrons. The Hall–Kier alpha value is -3.13. The molecule has 4 aromatic rings. The molecule has 0 saturated heterocycles. The average Bonchev–Trinajstić information content (AvgIpc) is 3.26. The SMILES string of the molecule is Cc1cccc(NC(N)=NCc2ccccc2-c2ccc(Cn3ccnc3)cc2)c1.I. The Labute approximate surface area is 200 Å². The highest BCUT2D eigenvalue weighted by molar-refractivity contribution is 14.0. The summed E-state index contributed by atoms with van der Waals surface area (Å²) in [6.07, 6.45) is 5.59. The lowest BCUT2D eigenvalue weighted by molar-refractivity contribution is 0.797. The normalized spacial score (nSPS) is 11.1. The Morgan fingerprint density at radius 2 is 1.84 bits per heavy atom. The summed E-state index contributed by atoms with van der Waals surface area (Å²) >= 11 is 0. The van der Waals surface area contributed by atoms with E-state index < -0.39 is 0 Å². The number of aryl methyl sites for hydroxylation is 1. The molecular formula is C25H26IN5. The van der Waals surface area contributed by atoms with Crippen LogP contribution in [0.15, 0.2) is 96.5 Å². The smallest absolute Gasteiger partial charge is 0.193 e. The van der Waals surface area contributed by atoms with E-state index in [0.717, 1.165) is 17.8 Å². The minimum absolute atomic E-state index is 0. The van der Waals surface area contributed by atoms with Crippen LogP contribution in [0.5, 0.6) is 0 Å². The van der Waals surface area contributed by atoms with E-state index in [0.29, 0.717) is 12.5 Å². The molecule has 5 nitrogen and oxygen atoms in total. The number of halogens is 1. The van der Waals surface area contributed by atoms with Crippen LogP contribution in [0.4, 0.5) is 5.69 Å². The van der Waals surface area contributed by atoms with Gasteiger partial charge >= 0.3 is 0 Å². The van der Waals surface area contributed by atoms with Gasteiger partial charge in [0.25, 0.3) is 0 Å². The number of guanidine groups is 1. The molecule has 3 aromatic carbocycles. The first kappa shape index (κ1) is 22.6. The van der Waals surface area contributed by atoms with E-state index in [1.165, 1.54) is 22.3 Å². The minimum Gasteiger partial charge on any atom is -0.370 e. The molecule has 0 unspecified atom stereocenters. The van der Waals surface area contributed by atoms with Crippen LogP contribution in [0.2, 0.25) is 0 Å². The molecule has 6 heteroatoms. The van der Waals surface area contributed by atoms with Gasteiger partial charge in [-0.25, -0.2) is 9.98 Å². The summed E-state index contributed by atoms with van der Waals surface area (Å²) in [5, 5.41) is 3.16. The number of aromatic nitrogens is 2. The van der Waals surface area contributed by atoms with Crippen molar-refractivity contribution in [2.75, 3.05) is 5.32 Å². The molecular weight excluding hydrogens is 497 g/mol. The van der Waals surface area contributed by atoms with Gasteiger partial charge in [-0.15, -0.1) is 24.0 Å². The van der Waals surface area contributed by atoms with Crippen LogP contribution >= 0.6 is 24.0 Å². The number of imidazole rings is 1. The Balaban J connectivity index is 0.00000272. The number of hydrogen-bond acceptors (Lipinski definition) is 2. The van der Waals surface area contributed by atoms with Crippen LogP contribution in [0.25, 0.3) is 11.1 Å². The Bertz CT molecular complexity index is 1130. The first-order valence-corrected chi connectivity index (χ1v) is 9.94. The lowest BCUT2D eigenvalue weighted by Gasteiger charge is -2.10. The number of rotatable bonds is 6. The number of anilines is 1. The lowest BCUT2D eigenvalue weighted by Crippen LogP contribution is -2.22. The summed E-state index contributed by atoms with van der Waals surface area (Å²) in [5.41, 5.74) is 12.9. The highest BCUT2D eigenvalue weighted by Crippen LogP contribution is 2.25. The zero-order chi connectivity index (χ0) is 20.8. The Morgan fingerprint density at radius 3 is 2.58 bits per heavy atom.